The quantitative estimate of drug-likeness (QED) is 0.841. The van der Waals surface area contributed by atoms with E-state index in [4.69, 9.17) is 4.74 Å². The summed E-state index contributed by atoms with van der Waals surface area (Å²) in [5.74, 6) is 0.868. The maximum Gasteiger partial charge on any atom is 0.162 e. The lowest BCUT2D eigenvalue weighted by Gasteiger charge is -2.30. The molecule has 1 saturated heterocycles. The number of rotatable bonds is 5. The van der Waals surface area contributed by atoms with Crippen LogP contribution in [0.1, 0.15) is 48.0 Å². The highest BCUT2D eigenvalue weighted by atomic mass is 19.1. The van der Waals surface area contributed by atoms with Crippen LogP contribution >= 0.6 is 0 Å². The van der Waals surface area contributed by atoms with Gasteiger partial charge in [-0.2, -0.15) is 0 Å². The zero-order chi connectivity index (χ0) is 14.1. The van der Waals surface area contributed by atoms with E-state index in [1.165, 1.54) is 19.4 Å². The van der Waals surface area contributed by atoms with Gasteiger partial charge in [0.15, 0.2) is 5.78 Å². The van der Waals surface area contributed by atoms with Crippen molar-refractivity contribution in [3.8, 4) is 5.75 Å². The number of benzene rings is 1. The normalized spacial score (nSPS) is 19.3. The first-order chi connectivity index (χ1) is 9.65. The number of hydrogen-bond donors (Lipinski definition) is 1. The highest BCUT2D eigenvalue weighted by Crippen LogP contribution is 2.42. The molecule has 0 radical (unpaired) electrons. The Morgan fingerprint density at radius 2 is 2.15 bits per heavy atom. The zero-order valence-electron chi connectivity index (χ0n) is 11.7. The second-order valence-corrected chi connectivity index (χ2v) is 5.89. The molecule has 3 rings (SSSR count). The van der Waals surface area contributed by atoms with Crippen LogP contribution in [0.25, 0.3) is 0 Å². The van der Waals surface area contributed by atoms with Crippen molar-refractivity contribution in [1.82, 2.24) is 5.32 Å². The summed E-state index contributed by atoms with van der Waals surface area (Å²) < 4.78 is 19.8. The van der Waals surface area contributed by atoms with Gasteiger partial charge in [-0.3, -0.25) is 4.79 Å². The minimum atomic E-state index is -0.470. The molecule has 4 heteroatoms. The Morgan fingerprint density at radius 1 is 1.40 bits per heavy atom. The van der Waals surface area contributed by atoms with Gasteiger partial charge in [0.25, 0.3) is 0 Å². The van der Waals surface area contributed by atoms with Crippen molar-refractivity contribution in [2.24, 2.45) is 5.92 Å². The molecule has 0 unspecified atom stereocenters. The van der Waals surface area contributed by atoms with Crippen LogP contribution in [0, 0.1) is 11.7 Å². The summed E-state index contributed by atoms with van der Waals surface area (Å²) in [7, 11) is 0. The highest BCUT2D eigenvalue weighted by molar-refractivity contribution is 5.94. The fourth-order valence-electron chi connectivity index (χ4n) is 2.68. The smallest absolute Gasteiger partial charge is 0.162 e. The van der Waals surface area contributed by atoms with E-state index in [0.717, 1.165) is 31.5 Å². The van der Waals surface area contributed by atoms with Crippen molar-refractivity contribution in [3.05, 3.63) is 29.1 Å². The van der Waals surface area contributed by atoms with Crippen LogP contribution in [-0.2, 0) is 0 Å². The highest BCUT2D eigenvalue weighted by Gasteiger charge is 2.26. The third kappa shape index (κ3) is 2.57. The van der Waals surface area contributed by atoms with Gasteiger partial charge in [-0.1, -0.05) is 6.42 Å². The second-order valence-electron chi connectivity index (χ2n) is 5.89. The van der Waals surface area contributed by atoms with Crippen LogP contribution in [0.15, 0.2) is 12.1 Å². The van der Waals surface area contributed by atoms with E-state index in [0.29, 0.717) is 24.2 Å². The van der Waals surface area contributed by atoms with Gasteiger partial charge in [0.2, 0.25) is 0 Å². The largest absolute Gasteiger partial charge is 0.493 e. The van der Waals surface area contributed by atoms with Crippen LogP contribution in [-0.4, -0.2) is 25.5 Å². The molecule has 0 bridgehead atoms. The third-order valence-electron chi connectivity index (χ3n) is 4.36. The van der Waals surface area contributed by atoms with Gasteiger partial charge in [0.05, 0.1) is 12.2 Å². The van der Waals surface area contributed by atoms with E-state index in [-0.39, 0.29) is 11.3 Å². The van der Waals surface area contributed by atoms with E-state index < -0.39 is 5.82 Å². The number of hydrogen-bond acceptors (Lipinski definition) is 3. The molecule has 0 aromatic heterocycles. The molecule has 1 heterocycles. The Morgan fingerprint density at radius 3 is 2.65 bits per heavy atom. The molecule has 0 atom stereocenters. The molecule has 20 heavy (non-hydrogen) atoms. The molecule has 3 nitrogen and oxygen atoms in total. The fraction of sp³-hybridized carbons (Fsp3) is 0.562. The minimum Gasteiger partial charge on any atom is -0.493 e. The average Bonchev–Trinajstić information content (AvgIpc) is 2.27. The maximum atomic E-state index is 14.0. The Labute approximate surface area is 118 Å². The van der Waals surface area contributed by atoms with Gasteiger partial charge in [-0.25, -0.2) is 4.39 Å². The molecule has 1 aliphatic carbocycles. The Kier molecular flexibility index (Phi) is 3.74. The second kappa shape index (κ2) is 5.52. The molecule has 1 saturated carbocycles. The van der Waals surface area contributed by atoms with Gasteiger partial charge in [0.1, 0.15) is 11.6 Å². The number of halogens is 1. The Bertz CT molecular complexity index is 521. The average molecular weight is 277 g/mol. The lowest BCUT2D eigenvalue weighted by atomic mass is 9.79. The van der Waals surface area contributed by atoms with Crippen molar-refractivity contribution >= 4 is 5.78 Å². The minimum absolute atomic E-state index is 0.185. The van der Waals surface area contributed by atoms with Gasteiger partial charge in [-0.15, -0.1) is 0 Å². The van der Waals surface area contributed by atoms with E-state index >= 15 is 0 Å². The predicted molar refractivity (Wildman–Crippen MR) is 74.9 cm³/mol. The zero-order valence-corrected chi connectivity index (χ0v) is 11.7. The molecule has 0 spiro atoms. The molecule has 2 aliphatic rings. The third-order valence-corrected chi connectivity index (χ3v) is 4.36. The summed E-state index contributed by atoms with van der Waals surface area (Å²) in [5, 5.41) is 3.19. The number of ether oxygens (including phenoxy) is 1. The van der Waals surface area contributed by atoms with Gasteiger partial charge >= 0.3 is 0 Å². The summed E-state index contributed by atoms with van der Waals surface area (Å²) in [6.45, 7) is 3.95. The van der Waals surface area contributed by atoms with Crippen molar-refractivity contribution in [2.45, 2.75) is 32.1 Å². The van der Waals surface area contributed by atoms with Gasteiger partial charge in [-0.05, 0) is 37.3 Å². The number of ketones is 1. The van der Waals surface area contributed by atoms with Crippen LogP contribution in [0.2, 0.25) is 0 Å². The van der Waals surface area contributed by atoms with E-state index in [1.807, 2.05) is 0 Å². The lowest BCUT2D eigenvalue weighted by Crippen LogP contribution is -2.45. The monoisotopic (exact) mass is 277 g/mol. The van der Waals surface area contributed by atoms with Crippen molar-refractivity contribution in [3.63, 3.8) is 0 Å². The molecule has 1 aliphatic heterocycles. The molecule has 1 N–H and O–H groups in total. The summed E-state index contributed by atoms with van der Waals surface area (Å²) in [4.78, 5) is 11.5. The van der Waals surface area contributed by atoms with E-state index in [2.05, 4.69) is 5.32 Å². The first-order valence-corrected chi connectivity index (χ1v) is 7.33. The Balaban J connectivity index is 1.85. The number of carbonyl (C=O) groups is 1. The SMILES string of the molecule is CC(=O)c1cc(C2CCC2)c(OCC2CNC2)cc1F. The number of carbonyl (C=O) groups excluding carboxylic acids is 1. The van der Waals surface area contributed by atoms with Crippen LogP contribution < -0.4 is 10.1 Å². The van der Waals surface area contributed by atoms with E-state index in [1.54, 1.807) is 6.07 Å². The maximum absolute atomic E-state index is 14.0. The summed E-state index contributed by atoms with van der Waals surface area (Å²) >= 11 is 0. The molecule has 0 amide bonds. The molecule has 2 fully saturated rings. The van der Waals surface area contributed by atoms with Crippen molar-refractivity contribution in [1.29, 1.82) is 0 Å². The molecule has 1 aromatic rings. The van der Waals surface area contributed by atoms with Crippen molar-refractivity contribution < 1.29 is 13.9 Å². The first kappa shape index (κ1) is 13.6. The van der Waals surface area contributed by atoms with E-state index in [9.17, 15) is 9.18 Å². The molecule has 1 aromatic carbocycles. The number of Topliss-reactive ketones (excluding diaryl/α,β-unsaturated/α-hetero) is 1. The molecule has 108 valence electrons. The van der Waals surface area contributed by atoms with Crippen LogP contribution in [0.5, 0.6) is 5.75 Å². The predicted octanol–water partition coefficient (Wildman–Crippen LogP) is 2.89. The van der Waals surface area contributed by atoms with Crippen LogP contribution in [0.3, 0.4) is 0 Å². The summed E-state index contributed by atoms with van der Waals surface area (Å²) in [6, 6.07) is 3.10. The standard InChI is InChI=1S/C16H20FNO2/c1-10(19)13-5-14(12-3-2-4-12)16(6-15(13)17)20-9-11-7-18-8-11/h5-6,11-12,18H,2-4,7-9H2,1H3. The molecular formula is C16H20FNO2. The van der Waals surface area contributed by atoms with Gasteiger partial charge < -0.3 is 10.1 Å². The topological polar surface area (TPSA) is 38.3 Å². The van der Waals surface area contributed by atoms with Crippen LogP contribution in [0.4, 0.5) is 4.39 Å². The first-order valence-electron chi connectivity index (χ1n) is 7.33. The summed E-state index contributed by atoms with van der Waals surface area (Å²) in [5.41, 5.74) is 1.19. The summed E-state index contributed by atoms with van der Waals surface area (Å²) in [6.07, 6.45) is 3.40. The lowest BCUT2D eigenvalue weighted by molar-refractivity contribution is 0.101. The van der Waals surface area contributed by atoms with Crippen molar-refractivity contribution in [2.75, 3.05) is 19.7 Å². The number of nitrogens with one attached hydrogen (secondary N) is 1. The Hall–Kier alpha value is -1.42. The molecular weight excluding hydrogens is 257 g/mol. The van der Waals surface area contributed by atoms with Gasteiger partial charge in [0, 0.05) is 25.1 Å². The fourth-order valence-corrected chi connectivity index (χ4v) is 2.68.